The number of carbonyl (C=O) groups is 1. The van der Waals surface area contributed by atoms with Crippen molar-refractivity contribution in [1.82, 2.24) is 24.4 Å². The number of carbonyl (C=O) groups excluding carboxylic acids is 1. The summed E-state index contributed by atoms with van der Waals surface area (Å²) in [7, 11) is 0. The van der Waals surface area contributed by atoms with Crippen LogP contribution in [0, 0.1) is 26.7 Å². The first-order chi connectivity index (χ1) is 14.9. The lowest BCUT2D eigenvalue weighted by Gasteiger charge is -2.34. The molecule has 2 fully saturated rings. The molecule has 0 aliphatic carbocycles. The van der Waals surface area contributed by atoms with Gasteiger partial charge in [-0.15, -0.1) is 0 Å². The molecule has 4 rings (SSSR count). The highest BCUT2D eigenvalue weighted by Crippen LogP contribution is 2.30. The molecule has 2 aromatic rings. The number of nitrogens with zero attached hydrogens (tertiary/aromatic N) is 6. The first kappa shape index (κ1) is 21.7. The van der Waals surface area contributed by atoms with E-state index in [0.29, 0.717) is 12.5 Å². The molecule has 4 heterocycles. The molecule has 0 spiro atoms. The van der Waals surface area contributed by atoms with Crippen molar-refractivity contribution in [3.8, 4) is 0 Å². The normalized spacial score (nSPS) is 19.0. The minimum atomic E-state index is -0.0600. The van der Waals surface area contributed by atoms with E-state index in [4.69, 9.17) is 14.7 Å². The Balaban J connectivity index is 1.39. The lowest BCUT2D eigenvalue weighted by atomic mass is 9.94. The predicted octanol–water partition coefficient (Wildman–Crippen LogP) is 2.48. The van der Waals surface area contributed by atoms with Crippen molar-refractivity contribution in [1.29, 1.82) is 0 Å². The van der Waals surface area contributed by atoms with Gasteiger partial charge >= 0.3 is 0 Å². The Morgan fingerprint density at radius 3 is 2.48 bits per heavy atom. The van der Waals surface area contributed by atoms with Crippen LogP contribution in [-0.4, -0.2) is 69.7 Å². The summed E-state index contributed by atoms with van der Waals surface area (Å²) in [5.74, 6) is 3.39. The lowest BCUT2D eigenvalue weighted by Crippen LogP contribution is -2.42. The van der Waals surface area contributed by atoms with Crippen LogP contribution in [0.4, 0.5) is 5.82 Å². The van der Waals surface area contributed by atoms with E-state index in [9.17, 15) is 4.79 Å². The van der Waals surface area contributed by atoms with Gasteiger partial charge in [0.1, 0.15) is 17.5 Å². The molecule has 8 nitrogen and oxygen atoms in total. The second kappa shape index (κ2) is 9.34. The molecule has 1 unspecified atom stereocenters. The molecule has 1 atom stereocenters. The second-order valence-electron chi connectivity index (χ2n) is 8.84. The molecule has 2 aromatic heterocycles. The summed E-state index contributed by atoms with van der Waals surface area (Å²) in [6, 6.07) is 0. The number of hydrogen-bond donors (Lipinski definition) is 0. The maximum Gasteiger partial charge on any atom is 0.227 e. The molecule has 1 amide bonds. The fraction of sp³-hybridized carbons (Fsp3) is 0.652. The van der Waals surface area contributed by atoms with Gasteiger partial charge in [-0.05, 0) is 33.6 Å². The molecule has 168 valence electrons. The summed E-state index contributed by atoms with van der Waals surface area (Å²) in [6.07, 6.45) is 5.54. The zero-order chi connectivity index (χ0) is 22.0. The number of aromatic nitrogens is 4. The Labute approximate surface area is 184 Å². The van der Waals surface area contributed by atoms with E-state index < -0.39 is 0 Å². The van der Waals surface area contributed by atoms with E-state index in [2.05, 4.69) is 23.7 Å². The highest BCUT2D eigenvalue weighted by Gasteiger charge is 2.29. The predicted molar refractivity (Wildman–Crippen MR) is 119 cm³/mol. The number of rotatable bonds is 5. The molecule has 0 aromatic carbocycles. The number of likely N-dealkylation sites (tertiary alicyclic amines) is 1. The molecule has 31 heavy (non-hydrogen) atoms. The molecular formula is C23H34N6O2. The largest absolute Gasteiger partial charge is 0.378 e. The van der Waals surface area contributed by atoms with Crippen molar-refractivity contribution in [2.24, 2.45) is 5.92 Å². The van der Waals surface area contributed by atoms with Gasteiger partial charge in [0.05, 0.1) is 19.1 Å². The molecule has 0 bridgehead atoms. The molecule has 0 N–H and O–H groups in total. The minimum Gasteiger partial charge on any atom is -0.378 e. The van der Waals surface area contributed by atoms with Gasteiger partial charge in [0.15, 0.2) is 0 Å². The molecule has 2 aliphatic rings. The SMILES string of the molecule is Cc1nc(C2CCN(C(=O)C(C)Cn3ccnc3C)CC2)nc(N2CCOCC2)c1C. The van der Waals surface area contributed by atoms with Crippen molar-refractivity contribution in [3.63, 3.8) is 0 Å². The zero-order valence-corrected chi connectivity index (χ0v) is 19.2. The first-order valence-corrected chi connectivity index (χ1v) is 11.4. The Morgan fingerprint density at radius 1 is 1.13 bits per heavy atom. The van der Waals surface area contributed by atoms with Crippen molar-refractivity contribution in [2.75, 3.05) is 44.3 Å². The van der Waals surface area contributed by atoms with Crippen LogP contribution in [0.15, 0.2) is 12.4 Å². The Hall–Kier alpha value is -2.48. The number of imidazole rings is 1. The zero-order valence-electron chi connectivity index (χ0n) is 19.2. The van der Waals surface area contributed by atoms with Gasteiger partial charge in [-0.25, -0.2) is 15.0 Å². The van der Waals surface area contributed by atoms with Crippen LogP contribution in [0.3, 0.4) is 0 Å². The minimum absolute atomic E-state index is 0.0600. The summed E-state index contributed by atoms with van der Waals surface area (Å²) in [5, 5.41) is 0. The van der Waals surface area contributed by atoms with Gasteiger partial charge in [0.2, 0.25) is 5.91 Å². The number of anilines is 1. The number of ether oxygens (including phenoxy) is 1. The van der Waals surface area contributed by atoms with Gasteiger partial charge in [0, 0.05) is 62.3 Å². The number of piperidine rings is 1. The average Bonchev–Trinajstić information content (AvgIpc) is 3.20. The topological polar surface area (TPSA) is 76.4 Å². The number of aryl methyl sites for hydroxylation is 2. The van der Waals surface area contributed by atoms with Crippen LogP contribution in [0.1, 0.15) is 48.6 Å². The van der Waals surface area contributed by atoms with Crippen LogP contribution < -0.4 is 4.90 Å². The second-order valence-corrected chi connectivity index (χ2v) is 8.84. The fourth-order valence-corrected chi connectivity index (χ4v) is 4.54. The number of hydrogen-bond acceptors (Lipinski definition) is 6. The van der Waals surface area contributed by atoms with Crippen molar-refractivity contribution < 1.29 is 9.53 Å². The Kier molecular flexibility index (Phi) is 6.55. The van der Waals surface area contributed by atoms with Gasteiger partial charge in [0.25, 0.3) is 0 Å². The van der Waals surface area contributed by atoms with E-state index in [-0.39, 0.29) is 11.8 Å². The number of morpholine rings is 1. The van der Waals surface area contributed by atoms with Gasteiger partial charge < -0.3 is 19.1 Å². The van der Waals surface area contributed by atoms with Gasteiger partial charge in [-0.2, -0.15) is 0 Å². The van der Waals surface area contributed by atoms with Crippen LogP contribution in [0.2, 0.25) is 0 Å². The van der Waals surface area contributed by atoms with E-state index in [1.54, 1.807) is 6.20 Å². The Morgan fingerprint density at radius 2 is 1.84 bits per heavy atom. The molecule has 2 saturated heterocycles. The highest BCUT2D eigenvalue weighted by molar-refractivity contribution is 5.78. The molecule has 0 saturated carbocycles. The van der Waals surface area contributed by atoms with Gasteiger partial charge in [-0.1, -0.05) is 6.92 Å². The summed E-state index contributed by atoms with van der Waals surface area (Å²) < 4.78 is 7.55. The first-order valence-electron chi connectivity index (χ1n) is 11.4. The van der Waals surface area contributed by atoms with Gasteiger partial charge in [-0.3, -0.25) is 4.79 Å². The van der Waals surface area contributed by atoms with Crippen LogP contribution in [-0.2, 0) is 16.1 Å². The molecule has 8 heteroatoms. The van der Waals surface area contributed by atoms with Crippen molar-refractivity contribution in [2.45, 2.75) is 53.0 Å². The van der Waals surface area contributed by atoms with Crippen LogP contribution in [0.5, 0.6) is 0 Å². The average molecular weight is 427 g/mol. The van der Waals surface area contributed by atoms with E-state index in [1.807, 2.05) is 29.5 Å². The van der Waals surface area contributed by atoms with E-state index in [1.165, 1.54) is 0 Å². The third-order valence-corrected chi connectivity index (χ3v) is 6.68. The summed E-state index contributed by atoms with van der Waals surface area (Å²) in [4.78, 5) is 31.4. The molecule has 2 aliphatic heterocycles. The summed E-state index contributed by atoms with van der Waals surface area (Å²) >= 11 is 0. The Bertz CT molecular complexity index is 913. The standard InChI is InChI=1S/C23H34N6O2/c1-16(15-29-10-7-24-19(29)4)23(30)28-8-5-20(6-9-28)21-25-18(3)17(2)22(26-21)27-11-13-31-14-12-27/h7,10,16,20H,5-6,8-9,11-15H2,1-4H3. The van der Waals surface area contributed by atoms with E-state index in [0.717, 1.165) is 81.0 Å². The summed E-state index contributed by atoms with van der Waals surface area (Å²) in [5.41, 5.74) is 2.20. The fourth-order valence-electron chi connectivity index (χ4n) is 4.54. The monoisotopic (exact) mass is 426 g/mol. The third-order valence-electron chi connectivity index (χ3n) is 6.68. The maximum absolute atomic E-state index is 13.0. The van der Waals surface area contributed by atoms with Crippen molar-refractivity contribution in [3.05, 3.63) is 35.3 Å². The maximum atomic E-state index is 13.0. The smallest absolute Gasteiger partial charge is 0.227 e. The molecular weight excluding hydrogens is 392 g/mol. The van der Waals surface area contributed by atoms with E-state index >= 15 is 0 Å². The van der Waals surface area contributed by atoms with Crippen molar-refractivity contribution >= 4 is 11.7 Å². The third kappa shape index (κ3) is 4.74. The highest BCUT2D eigenvalue weighted by atomic mass is 16.5. The summed E-state index contributed by atoms with van der Waals surface area (Å²) in [6.45, 7) is 13.6. The molecule has 0 radical (unpaired) electrons. The van der Waals surface area contributed by atoms with Crippen LogP contribution >= 0.6 is 0 Å². The van der Waals surface area contributed by atoms with Crippen LogP contribution in [0.25, 0.3) is 0 Å². The quantitative estimate of drug-likeness (QED) is 0.731. The lowest BCUT2D eigenvalue weighted by molar-refractivity contribution is -0.136. The number of amides is 1.